The number of phenols is 1. The Bertz CT molecular complexity index is 1370. The highest BCUT2D eigenvalue weighted by atomic mass is 16.6. The van der Waals surface area contributed by atoms with Gasteiger partial charge in [0.2, 0.25) is 5.91 Å². The standard InChI is InChI=1S/C37H49N3O6/c1-6-7-8-9-10-14-25-40(35(43)32(26-27-15-12-11-13-16-27)39-36(44)46-37(2,3)4)33(28-17-21-30(41)22-18-28)34(42)38-29-19-23-31(45-5)24-20-29/h11-13,15-24,32-33,41H,6-10,14,25-26H2,1-5H3,(H,38,42)(H,39,44). The lowest BCUT2D eigenvalue weighted by Crippen LogP contribution is -2.53. The van der Waals surface area contributed by atoms with Gasteiger partial charge in [0.05, 0.1) is 7.11 Å². The maximum Gasteiger partial charge on any atom is 0.408 e. The molecule has 0 saturated heterocycles. The fourth-order valence-corrected chi connectivity index (χ4v) is 5.14. The molecule has 46 heavy (non-hydrogen) atoms. The molecule has 0 spiro atoms. The lowest BCUT2D eigenvalue weighted by atomic mass is 9.99. The number of anilines is 1. The third-order valence-corrected chi connectivity index (χ3v) is 7.43. The van der Waals surface area contributed by atoms with Crippen molar-refractivity contribution in [3.8, 4) is 11.5 Å². The summed E-state index contributed by atoms with van der Waals surface area (Å²) >= 11 is 0. The molecule has 3 amide bonds. The normalized spacial score (nSPS) is 12.5. The van der Waals surface area contributed by atoms with Crippen LogP contribution in [-0.2, 0) is 20.7 Å². The summed E-state index contributed by atoms with van der Waals surface area (Å²) in [5.41, 5.74) is 1.14. The smallest absolute Gasteiger partial charge is 0.408 e. The summed E-state index contributed by atoms with van der Waals surface area (Å²) in [6, 6.07) is 20.6. The van der Waals surface area contributed by atoms with Crippen molar-refractivity contribution in [1.29, 1.82) is 0 Å². The van der Waals surface area contributed by atoms with Crippen molar-refractivity contribution in [3.63, 3.8) is 0 Å². The van der Waals surface area contributed by atoms with Crippen molar-refractivity contribution < 1.29 is 29.0 Å². The van der Waals surface area contributed by atoms with Crippen LogP contribution in [0.2, 0.25) is 0 Å². The molecule has 0 bridgehead atoms. The molecule has 2 unspecified atom stereocenters. The summed E-state index contributed by atoms with van der Waals surface area (Å²) in [4.78, 5) is 43.4. The zero-order valence-corrected chi connectivity index (χ0v) is 27.8. The molecule has 0 radical (unpaired) electrons. The van der Waals surface area contributed by atoms with Gasteiger partial charge >= 0.3 is 6.09 Å². The van der Waals surface area contributed by atoms with Crippen LogP contribution in [0, 0.1) is 0 Å². The minimum Gasteiger partial charge on any atom is -0.508 e. The maximum absolute atomic E-state index is 14.6. The second-order valence-electron chi connectivity index (χ2n) is 12.4. The third kappa shape index (κ3) is 11.8. The molecule has 0 aromatic heterocycles. The summed E-state index contributed by atoms with van der Waals surface area (Å²) in [7, 11) is 1.57. The van der Waals surface area contributed by atoms with Gasteiger partial charge in [-0.3, -0.25) is 9.59 Å². The molecule has 0 aliphatic rings. The molecule has 9 heteroatoms. The lowest BCUT2D eigenvalue weighted by molar-refractivity contribution is -0.140. The maximum atomic E-state index is 14.6. The van der Waals surface area contributed by atoms with Gasteiger partial charge in [0.15, 0.2) is 0 Å². The van der Waals surface area contributed by atoms with E-state index in [1.165, 1.54) is 12.1 Å². The van der Waals surface area contributed by atoms with Crippen LogP contribution < -0.4 is 15.4 Å². The Kier molecular flexibility index (Phi) is 13.9. The first-order valence-corrected chi connectivity index (χ1v) is 16.1. The van der Waals surface area contributed by atoms with Gasteiger partial charge in [0.1, 0.15) is 29.2 Å². The number of nitrogens with one attached hydrogen (secondary N) is 2. The highest BCUT2D eigenvalue weighted by Crippen LogP contribution is 2.28. The zero-order chi connectivity index (χ0) is 33.5. The molecule has 0 fully saturated rings. The zero-order valence-electron chi connectivity index (χ0n) is 27.8. The molecule has 9 nitrogen and oxygen atoms in total. The molecule has 0 aliphatic heterocycles. The molecule has 0 heterocycles. The van der Waals surface area contributed by atoms with Gasteiger partial charge in [-0.05, 0) is 74.7 Å². The molecule has 3 rings (SSSR count). The highest BCUT2D eigenvalue weighted by Gasteiger charge is 2.36. The van der Waals surface area contributed by atoms with Crippen LogP contribution in [0.25, 0.3) is 0 Å². The number of aromatic hydroxyl groups is 1. The van der Waals surface area contributed by atoms with Crippen molar-refractivity contribution in [1.82, 2.24) is 10.2 Å². The van der Waals surface area contributed by atoms with Crippen LogP contribution in [0.5, 0.6) is 11.5 Å². The number of amides is 3. The van der Waals surface area contributed by atoms with E-state index in [0.29, 0.717) is 23.4 Å². The summed E-state index contributed by atoms with van der Waals surface area (Å²) in [5.74, 6) is -0.150. The molecule has 3 aromatic carbocycles. The first kappa shape index (κ1) is 35.9. The Morgan fingerprint density at radius 2 is 1.48 bits per heavy atom. The number of carbonyl (C=O) groups excluding carboxylic acids is 3. The number of hydrogen-bond acceptors (Lipinski definition) is 6. The predicted octanol–water partition coefficient (Wildman–Crippen LogP) is 7.41. The van der Waals surface area contributed by atoms with Gasteiger partial charge in [-0.1, -0.05) is 81.5 Å². The number of rotatable bonds is 16. The number of benzene rings is 3. The van der Waals surface area contributed by atoms with Crippen LogP contribution >= 0.6 is 0 Å². The SMILES string of the molecule is CCCCCCCCN(C(=O)C(Cc1ccccc1)NC(=O)OC(C)(C)C)C(C(=O)Nc1ccc(OC)cc1)c1ccc(O)cc1. The average molecular weight is 632 g/mol. The second kappa shape index (κ2) is 17.8. The van der Waals surface area contributed by atoms with E-state index in [-0.39, 0.29) is 18.7 Å². The Hall–Kier alpha value is -4.53. The molecular weight excluding hydrogens is 582 g/mol. The van der Waals surface area contributed by atoms with Gasteiger partial charge in [-0.25, -0.2) is 4.79 Å². The van der Waals surface area contributed by atoms with Crippen molar-refractivity contribution in [3.05, 3.63) is 90.0 Å². The lowest BCUT2D eigenvalue weighted by Gasteiger charge is -2.34. The van der Waals surface area contributed by atoms with Gasteiger partial charge in [-0.15, -0.1) is 0 Å². The summed E-state index contributed by atoms with van der Waals surface area (Å²) < 4.78 is 10.8. The number of ether oxygens (including phenoxy) is 2. The molecular formula is C37H49N3O6. The third-order valence-electron chi connectivity index (χ3n) is 7.43. The Morgan fingerprint density at radius 1 is 0.848 bits per heavy atom. The van der Waals surface area contributed by atoms with E-state index >= 15 is 0 Å². The molecule has 3 N–H and O–H groups in total. The van der Waals surface area contributed by atoms with E-state index in [0.717, 1.165) is 37.7 Å². The van der Waals surface area contributed by atoms with E-state index in [4.69, 9.17) is 9.47 Å². The van der Waals surface area contributed by atoms with E-state index in [9.17, 15) is 19.5 Å². The quantitative estimate of drug-likeness (QED) is 0.142. The first-order chi connectivity index (χ1) is 22.0. The molecule has 2 atom stereocenters. The fourth-order valence-electron chi connectivity index (χ4n) is 5.14. The number of methoxy groups -OCH3 is 1. The van der Waals surface area contributed by atoms with Gasteiger partial charge in [0.25, 0.3) is 5.91 Å². The number of nitrogens with zero attached hydrogens (tertiary/aromatic N) is 1. The van der Waals surface area contributed by atoms with Crippen molar-refractivity contribution in [2.75, 3.05) is 19.0 Å². The van der Waals surface area contributed by atoms with Gasteiger partial charge < -0.3 is 30.1 Å². The first-order valence-electron chi connectivity index (χ1n) is 16.1. The summed E-state index contributed by atoms with van der Waals surface area (Å²) in [5, 5.41) is 15.8. The molecule has 0 aliphatic carbocycles. The Labute approximate surface area is 273 Å². The largest absolute Gasteiger partial charge is 0.508 e. The second-order valence-corrected chi connectivity index (χ2v) is 12.4. The highest BCUT2D eigenvalue weighted by molar-refractivity contribution is 5.99. The Balaban J connectivity index is 2.02. The molecule has 0 saturated carbocycles. The molecule has 248 valence electrons. The monoisotopic (exact) mass is 631 g/mol. The van der Waals surface area contributed by atoms with Crippen molar-refractivity contribution >= 4 is 23.6 Å². The minimum atomic E-state index is -1.05. The number of unbranched alkanes of at least 4 members (excludes halogenated alkanes) is 5. The fraction of sp³-hybridized carbons (Fsp3) is 0.432. The van der Waals surface area contributed by atoms with Crippen LogP contribution in [0.15, 0.2) is 78.9 Å². The average Bonchev–Trinajstić information content (AvgIpc) is 3.02. The molecule has 3 aromatic rings. The minimum absolute atomic E-state index is 0.0420. The van der Waals surface area contributed by atoms with E-state index in [1.54, 1.807) is 69.2 Å². The number of alkyl carbamates (subject to hydrolysis) is 1. The van der Waals surface area contributed by atoms with Crippen molar-refractivity contribution in [2.24, 2.45) is 0 Å². The van der Waals surface area contributed by atoms with Gasteiger partial charge in [-0.2, -0.15) is 0 Å². The topological polar surface area (TPSA) is 117 Å². The van der Waals surface area contributed by atoms with E-state index in [1.807, 2.05) is 30.3 Å². The summed E-state index contributed by atoms with van der Waals surface area (Å²) in [6.07, 6.45) is 5.42. The van der Waals surface area contributed by atoms with E-state index < -0.39 is 35.6 Å². The van der Waals surface area contributed by atoms with Crippen LogP contribution in [0.3, 0.4) is 0 Å². The van der Waals surface area contributed by atoms with Crippen LogP contribution in [0.1, 0.15) is 83.4 Å². The van der Waals surface area contributed by atoms with Gasteiger partial charge in [0, 0.05) is 18.7 Å². The predicted molar refractivity (Wildman–Crippen MR) is 181 cm³/mol. The number of phenolic OH excluding ortho intramolecular Hbond substituents is 1. The summed E-state index contributed by atoms with van der Waals surface area (Å²) in [6.45, 7) is 7.73. The number of hydrogen-bond donors (Lipinski definition) is 3. The van der Waals surface area contributed by atoms with E-state index in [2.05, 4.69) is 17.6 Å². The van der Waals surface area contributed by atoms with Crippen molar-refractivity contribution in [2.45, 2.75) is 90.3 Å². The van der Waals surface area contributed by atoms with Crippen LogP contribution in [-0.4, -0.2) is 53.2 Å². The Morgan fingerprint density at radius 3 is 2.09 bits per heavy atom. The number of carbonyl (C=O) groups is 3. The van der Waals surface area contributed by atoms with Crippen LogP contribution in [0.4, 0.5) is 10.5 Å².